The number of hydrogen-bond acceptors (Lipinski definition) is 3. The molecule has 64 valence electrons. The van der Waals surface area contributed by atoms with Crippen LogP contribution in [-0.4, -0.2) is 20.9 Å². The van der Waals surface area contributed by atoms with Gasteiger partial charge in [-0.05, 0) is 18.9 Å². The molecule has 0 spiro atoms. The lowest BCUT2D eigenvalue weighted by molar-refractivity contribution is 0.404. The van der Waals surface area contributed by atoms with Crippen molar-refractivity contribution in [2.75, 3.05) is 14.2 Å². The van der Waals surface area contributed by atoms with Crippen LogP contribution in [0.1, 0.15) is 0 Å². The number of ether oxygens (including phenoxy) is 2. The van der Waals surface area contributed by atoms with Gasteiger partial charge in [-0.3, -0.25) is 4.99 Å². The second kappa shape index (κ2) is 3.76. The Morgan fingerprint density at radius 3 is 2.50 bits per heavy atom. The van der Waals surface area contributed by atoms with Crippen molar-refractivity contribution in [2.24, 2.45) is 4.99 Å². The molecule has 0 saturated heterocycles. The van der Waals surface area contributed by atoms with Gasteiger partial charge in [-0.1, -0.05) is 0 Å². The fourth-order valence-corrected chi connectivity index (χ4v) is 0.920. The minimum absolute atomic E-state index is 0.692. The van der Waals surface area contributed by atoms with Crippen LogP contribution in [0.2, 0.25) is 0 Å². The van der Waals surface area contributed by atoms with Gasteiger partial charge in [0.1, 0.15) is 17.2 Å². The van der Waals surface area contributed by atoms with Crippen molar-refractivity contribution in [3.8, 4) is 11.5 Å². The average Bonchev–Trinajstić information content (AvgIpc) is 2.16. The lowest BCUT2D eigenvalue weighted by atomic mass is 10.3. The maximum Gasteiger partial charge on any atom is 0.144 e. The molecule has 0 radical (unpaired) electrons. The van der Waals surface area contributed by atoms with E-state index >= 15 is 0 Å². The van der Waals surface area contributed by atoms with Crippen LogP contribution in [-0.2, 0) is 0 Å². The molecule has 0 aliphatic carbocycles. The molecule has 0 aliphatic heterocycles. The van der Waals surface area contributed by atoms with Crippen LogP contribution < -0.4 is 9.47 Å². The number of benzene rings is 1. The SMILES string of the molecule is C=Nc1cc(OC)ccc1OC. The van der Waals surface area contributed by atoms with E-state index in [1.54, 1.807) is 26.4 Å². The predicted octanol–water partition coefficient (Wildman–Crippen LogP) is 2.04. The van der Waals surface area contributed by atoms with Gasteiger partial charge in [-0.15, -0.1) is 0 Å². The number of hydrogen-bond donors (Lipinski definition) is 0. The summed E-state index contributed by atoms with van der Waals surface area (Å²) >= 11 is 0. The molecule has 3 nitrogen and oxygen atoms in total. The molecule has 0 bridgehead atoms. The van der Waals surface area contributed by atoms with Gasteiger partial charge in [0.25, 0.3) is 0 Å². The second-order valence-electron chi connectivity index (χ2n) is 2.20. The Labute approximate surface area is 71.6 Å². The van der Waals surface area contributed by atoms with E-state index in [0.717, 1.165) is 5.75 Å². The Bertz CT molecular complexity index is 284. The molecular weight excluding hydrogens is 154 g/mol. The predicted molar refractivity (Wildman–Crippen MR) is 48.8 cm³/mol. The summed E-state index contributed by atoms with van der Waals surface area (Å²) in [6.07, 6.45) is 0. The summed E-state index contributed by atoms with van der Waals surface area (Å²) in [5.74, 6) is 1.45. The number of nitrogens with zero attached hydrogens (tertiary/aromatic N) is 1. The molecule has 1 aromatic rings. The first-order valence-corrected chi connectivity index (χ1v) is 3.50. The molecular formula is C9H11NO2. The minimum atomic E-state index is 0.692. The summed E-state index contributed by atoms with van der Waals surface area (Å²) in [5.41, 5.74) is 0.692. The molecule has 0 amide bonds. The summed E-state index contributed by atoms with van der Waals surface area (Å²) < 4.78 is 10.1. The van der Waals surface area contributed by atoms with E-state index in [1.165, 1.54) is 0 Å². The van der Waals surface area contributed by atoms with Gasteiger partial charge in [0.2, 0.25) is 0 Å². The highest BCUT2D eigenvalue weighted by atomic mass is 16.5. The maximum absolute atomic E-state index is 5.05. The highest BCUT2D eigenvalue weighted by molar-refractivity contribution is 5.58. The number of aliphatic imine (C=N–C) groups is 1. The zero-order valence-corrected chi connectivity index (χ0v) is 7.20. The van der Waals surface area contributed by atoms with Crippen LogP contribution >= 0.6 is 0 Å². The summed E-state index contributed by atoms with van der Waals surface area (Å²) in [7, 11) is 3.20. The lowest BCUT2D eigenvalue weighted by Crippen LogP contribution is -1.85. The third-order valence-electron chi connectivity index (χ3n) is 1.56. The van der Waals surface area contributed by atoms with Crippen LogP contribution in [0.4, 0.5) is 5.69 Å². The molecule has 0 aliphatic rings. The van der Waals surface area contributed by atoms with Crippen molar-refractivity contribution in [2.45, 2.75) is 0 Å². The summed E-state index contributed by atoms with van der Waals surface area (Å²) in [6, 6.07) is 5.38. The molecule has 0 fully saturated rings. The van der Waals surface area contributed by atoms with Gasteiger partial charge in [0, 0.05) is 6.07 Å². The molecule has 0 heterocycles. The molecule has 0 atom stereocenters. The lowest BCUT2D eigenvalue weighted by Gasteiger charge is -2.05. The maximum atomic E-state index is 5.05. The molecule has 1 rings (SSSR count). The fraction of sp³-hybridized carbons (Fsp3) is 0.222. The molecule has 0 N–H and O–H groups in total. The van der Waals surface area contributed by atoms with Gasteiger partial charge in [-0.25, -0.2) is 0 Å². The topological polar surface area (TPSA) is 30.8 Å². The monoisotopic (exact) mass is 165 g/mol. The summed E-state index contributed by atoms with van der Waals surface area (Å²) in [5, 5.41) is 0. The Morgan fingerprint density at radius 1 is 1.25 bits per heavy atom. The first kappa shape index (κ1) is 8.59. The van der Waals surface area contributed by atoms with E-state index in [2.05, 4.69) is 11.7 Å². The summed E-state index contributed by atoms with van der Waals surface area (Å²) in [6.45, 7) is 3.43. The van der Waals surface area contributed by atoms with E-state index < -0.39 is 0 Å². The Kier molecular flexibility index (Phi) is 2.69. The van der Waals surface area contributed by atoms with Gasteiger partial charge >= 0.3 is 0 Å². The average molecular weight is 165 g/mol. The van der Waals surface area contributed by atoms with Crippen molar-refractivity contribution in [3.05, 3.63) is 18.2 Å². The smallest absolute Gasteiger partial charge is 0.144 e. The first-order chi connectivity index (χ1) is 5.81. The van der Waals surface area contributed by atoms with Gasteiger partial charge in [0.05, 0.1) is 14.2 Å². The van der Waals surface area contributed by atoms with Gasteiger partial charge in [0.15, 0.2) is 0 Å². The Balaban J connectivity index is 3.10. The van der Waals surface area contributed by atoms with E-state index in [1.807, 2.05) is 6.07 Å². The molecule has 0 aromatic heterocycles. The second-order valence-corrected chi connectivity index (χ2v) is 2.20. The minimum Gasteiger partial charge on any atom is -0.497 e. The molecule has 3 heteroatoms. The molecule has 0 saturated carbocycles. The van der Waals surface area contributed by atoms with Crippen LogP contribution in [0.5, 0.6) is 11.5 Å². The third-order valence-corrected chi connectivity index (χ3v) is 1.56. The van der Waals surface area contributed by atoms with Crippen molar-refractivity contribution in [3.63, 3.8) is 0 Å². The van der Waals surface area contributed by atoms with Crippen LogP contribution in [0, 0.1) is 0 Å². The third kappa shape index (κ3) is 1.56. The molecule has 0 unspecified atom stereocenters. The Morgan fingerprint density at radius 2 is 2.00 bits per heavy atom. The van der Waals surface area contributed by atoms with Crippen molar-refractivity contribution >= 4 is 12.4 Å². The standard InChI is InChI=1S/C9H11NO2/c1-10-8-6-7(11-2)4-5-9(8)12-3/h4-6H,1H2,2-3H3. The van der Waals surface area contributed by atoms with E-state index in [0.29, 0.717) is 11.4 Å². The molecule has 1 aromatic carbocycles. The molecule has 12 heavy (non-hydrogen) atoms. The van der Waals surface area contributed by atoms with E-state index in [-0.39, 0.29) is 0 Å². The van der Waals surface area contributed by atoms with Gasteiger partial charge < -0.3 is 9.47 Å². The first-order valence-electron chi connectivity index (χ1n) is 3.50. The quantitative estimate of drug-likeness (QED) is 0.641. The van der Waals surface area contributed by atoms with Crippen molar-refractivity contribution in [1.29, 1.82) is 0 Å². The van der Waals surface area contributed by atoms with Crippen LogP contribution in [0.25, 0.3) is 0 Å². The Hall–Kier alpha value is -1.51. The van der Waals surface area contributed by atoms with Crippen LogP contribution in [0.3, 0.4) is 0 Å². The van der Waals surface area contributed by atoms with Gasteiger partial charge in [-0.2, -0.15) is 0 Å². The summed E-state index contributed by atoms with van der Waals surface area (Å²) in [4.78, 5) is 3.79. The van der Waals surface area contributed by atoms with E-state index in [9.17, 15) is 0 Å². The zero-order chi connectivity index (χ0) is 8.97. The highest BCUT2D eigenvalue weighted by Crippen LogP contribution is 2.30. The van der Waals surface area contributed by atoms with Crippen LogP contribution in [0.15, 0.2) is 23.2 Å². The number of methoxy groups -OCH3 is 2. The normalized spacial score (nSPS) is 9.17. The highest BCUT2D eigenvalue weighted by Gasteiger charge is 2.01. The van der Waals surface area contributed by atoms with Crippen molar-refractivity contribution in [1.82, 2.24) is 0 Å². The zero-order valence-electron chi connectivity index (χ0n) is 7.20. The fourth-order valence-electron chi connectivity index (χ4n) is 0.920. The van der Waals surface area contributed by atoms with E-state index in [4.69, 9.17) is 9.47 Å². The van der Waals surface area contributed by atoms with Crippen molar-refractivity contribution < 1.29 is 9.47 Å². The largest absolute Gasteiger partial charge is 0.497 e. The number of rotatable bonds is 3.